The SMILES string of the molecule is C[C](C)([SbH2])c1ccc(Cl)cc1. The number of hydrogen-bond donors (Lipinski definition) is 0. The van der Waals surface area contributed by atoms with Crippen LogP contribution in [0.3, 0.4) is 0 Å². The van der Waals surface area contributed by atoms with Gasteiger partial charge in [0.2, 0.25) is 0 Å². The summed E-state index contributed by atoms with van der Waals surface area (Å²) in [6.07, 6.45) is 0. The molecule has 1 aromatic carbocycles. The van der Waals surface area contributed by atoms with Crippen molar-refractivity contribution in [2.75, 3.05) is 0 Å². The topological polar surface area (TPSA) is 0 Å². The molecule has 0 aliphatic heterocycles. The quantitative estimate of drug-likeness (QED) is 0.691. The van der Waals surface area contributed by atoms with Gasteiger partial charge in [0.1, 0.15) is 0 Å². The Morgan fingerprint density at radius 2 is 1.64 bits per heavy atom. The molecular formula is C9H12ClSb. The van der Waals surface area contributed by atoms with E-state index in [2.05, 4.69) is 26.0 Å². The van der Waals surface area contributed by atoms with Crippen LogP contribution in [-0.2, 0) is 3.36 Å². The van der Waals surface area contributed by atoms with Crippen molar-refractivity contribution in [2.45, 2.75) is 17.2 Å². The average Bonchev–Trinajstić information content (AvgIpc) is 1.86. The molecule has 0 saturated carbocycles. The third kappa shape index (κ3) is 2.69. The van der Waals surface area contributed by atoms with Crippen molar-refractivity contribution in [1.82, 2.24) is 0 Å². The van der Waals surface area contributed by atoms with Gasteiger partial charge in [-0.2, -0.15) is 0 Å². The third-order valence-electron chi connectivity index (χ3n) is 1.59. The molecule has 0 aliphatic carbocycles. The molecule has 0 bridgehead atoms. The summed E-state index contributed by atoms with van der Waals surface area (Å²) in [7, 11) is 0. The second-order valence-electron chi connectivity index (χ2n) is 3.23. The monoisotopic (exact) mass is 276 g/mol. The van der Waals surface area contributed by atoms with Crippen LogP contribution in [0, 0.1) is 0 Å². The fraction of sp³-hybridized carbons (Fsp3) is 0.333. The number of benzene rings is 1. The fourth-order valence-corrected chi connectivity index (χ4v) is 1.55. The van der Waals surface area contributed by atoms with Crippen LogP contribution in [0.4, 0.5) is 0 Å². The van der Waals surface area contributed by atoms with Gasteiger partial charge in [0.05, 0.1) is 0 Å². The van der Waals surface area contributed by atoms with Crippen LogP contribution in [0.15, 0.2) is 24.3 Å². The molecule has 0 aliphatic rings. The van der Waals surface area contributed by atoms with E-state index >= 15 is 0 Å². The predicted molar refractivity (Wildman–Crippen MR) is 53.0 cm³/mol. The van der Waals surface area contributed by atoms with E-state index in [4.69, 9.17) is 11.6 Å². The third-order valence-corrected chi connectivity index (χ3v) is 2.79. The Morgan fingerprint density at radius 3 is 2.00 bits per heavy atom. The number of hydrogen-bond acceptors (Lipinski definition) is 0. The van der Waals surface area contributed by atoms with Gasteiger partial charge < -0.3 is 0 Å². The Labute approximate surface area is 86.4 Å². The van der Waals surface area contributed by atoms with Gasteiger partial charge in [-0.3, -0.25) is 0 Å². The van der Waals surface area contributed by atoms with Gasteiger partial charge in [0.25, 0.3) is 0 Å². The molecule has 0 N–H and O–H groups in total. The molecule has 0 fully saturated rings. The van der Waals surface area contributed by atoms with Crippen molar-refractivity contribution in [3.63, 3.8) is 0 Å². The van der Waals surface area contributed by atoms with Crippen molar-refractivity contribution >= 4 is 34.6 Å². The molecule has 2 heteroatoms. The van der Waals surface area contributed by atoms with Crippen LogP contribution >= 0.6 is 11.6 Å². The van der Waals surface area contributed by atoms with Crippen molar-refractivity contribution in [1.29, 1.82) is 0 Å². The molecule has 0 spiro atoms. The minimum absolute atomic E-state index is 0.357. The molecule has 0 aromatic heterocycles. The molecule has 11 heavy (non-hydrogen) atoms. The van der Waals surface area contributed by atoms with Gasteiger partial charge in [-0.15, -0.1) is 0 Å². The van der Waals surface area contributed by atoms with Gasteiger partial charge in [0, 0.05) is 0 Å². The summed E-state index contributed by atoms with van der Waals surface area (Å²) >= 11 is 7.01. The molecule has 1 aromatic rings. The Morgan fingerprint density at radius 1 is 1.18 bits per heavy atom. The molecular weight excluding hydrogens is 265 g/mol. The van der Waals surface area contributed by atoms with Crippen molar-refractivity contribution in [3.05, 3.63) is 34.9 Å². The number of rotatable bonds is 1. The second kappa shape index (κ2) is 3.37. The zero-order chi connectivity index (χ0) is 8.48. The molecule has 0 heterocycles. The Balaban J connectivity index is 2.99. The first-order valence-corrected chi connectivity index (χ1v) is 5.57. The molecule has 0 nitrogen and oxygen atoms in total. The van der Waals surface area contributed by atoms with E-state index in [0.29, 0.717) is 3.36 Å². The summed E-state index contributed by atoms with van der Waals surface area (Å²) in [5.41, 5.74) is 1.38. The van der Waals surface area contributed by atoms with E-state index < -0.39 is 0 Å². The van der Waals surface area contributed by atoms with Crippen LogP contribution in [-0.4, -0.2) is 23.0 Å². The molecule has 60 valence electrons. The minimum atomic E-state index is 0.357. The standard InChI is InChI=1S/C9H10Cl.Sb.2H/c1-7(2)8-3-5-9(10)6-4-8;;;/h3-6H,1-2H3;;;. The second-order valence-corrected chi connectivity index (χ2v) is 7.78. The molecule has 0 radical (unpaired) electrons. The van der Waals surface area contributed by atoms with Crippen molar-refractivity contribution < 1.29 is 0 Å². The maximum absolute atomic E-state index is 5.77. The zero-order valence-corrected chi connectivity index (χ0v) is 10.8. The van der Waals surface area contributed by atoms with E-state index in [1.807, 2.05) is 12.1 Å². The first kappa shape index (κ1) is 9.42. The van der Waals surface area contributed by atoms with Crippen LogP contribution < -0.4 is 0 Å². The summed E-state index contributed by atoms with van der Waals surface area (Å²) in [5, 5.41) is 0.818. The first-order chi connectivity index (χ1) is 5.00. The molecule has 0 unspecified atom stereocenters. The Hall–Kier alpha value is 0.328. The summed E-state index contributed by atoms with van der Waals surface area (Å²) in [5.74, 6) is 0. The van der Waals surface area contributed by atoms with Gasteiger partial charge >= 0.3 is 86.7 Å². The van der Waals surface area contributed by atoms with Crippen LogP contribution in [0.5, 0.6) is 0 Å². The summed E-state index contributed by atoms with van der Waals surface area (Å²) in [6.45, 7) is 4.50. The van der Waals surface area contributed by atoms with Gasteiger partial charge in [0.15, 0.2) is 0 Å². The summed E-state index contributed by atoms with van der Waals surface area (Å²) in [4.78, 5) is 0. The molecule has 1 rings (SSSR count). The van der Waals surface area contributed by atoms with E-state index in [1.165, 1.54) is 28.6 Å². The Kier molecular flexibility index (Phi) is 2.89. The zero-order valence-electron chi connectivity index (χ0n) is 6.76. The maximum atomic E-state index is 5.77. The molecule has 0 amide bonds. The summed E-state index contributed by atoms with van der Waals surface area (Å²) < 4.78 is 0.357. The van der Waals surface area contributed by atoms with Gasteiger partial charge in [-0.05, 0) is 0 Å². The van der Waals surface area contributed by atoms with E-state index in [1.54, 1.807) is 0 Å². The van der Waals surface area contributed by atoms with Crippen molar-refractivity contribution in [2.24, 2.45) is 0 Å². The molecule has 0 atom stereocenters. The average molecular weight is 277 g/mol. The first-order valence-electron chi connectivity index (χ1n) is 3.55. The Bertz CT molecular complexity index is 233. The van der Waals surface area contributed by atoms with Gasteiger partial charge in [-0.25, -0.2) is 0 Å². The van der Waals surface area contributed by atoms with E-state index in [0.717, 1.165) is 5.02 Å². The van der Waals surface area contributed by atoms with Crippen molar-refractivity contribution in [3.8, 4) is 0 Å². The fourth-order valence-electron chi connectivity index (χ4n) is 0.879. The van der Waals surface area contributed by atoms with Crippen LogP contribution in [0.1, 0.15) is 19.4 Å². The molecule has 0 saturated heterocycles. The van der Waals surface area contributed by atoms with E-state index in [9.17, 15) is 0 Å². The normalized spacial score (nSPS) is 11.6. The van der Waals surface area contributed by atoms with Crippen LogP contribution in [0.25, 0.3) is 0 Å². The number of halogens is 1. The predicted octanol–water partition coefficient (Wildman–Crippen LogP) is 2.21. The summed E-state index contributed by atoms with van der Waals surface area (Å²) in [6, 6.07) is 8.12. The van der Waals surface area contributed by atoms with Gasteiger partial charge in [-0.1, -0.05) is 0 Å². The van der Waals surface area contributed by atoms with E-state index in [-0.39, 0.29) is 0 Å². The van der Waals surface area contributed by atoms with Crippen LogP contribution in [0.2, 0.25) is 5.02 Å².